The second-order valence-electron chi connectivity index (χ2n) is 9.46. The largest absolute Gasteiger partial charge is 0.296 e. The van der Waals surface area contributed by atoms with Crippen LogP contribution in [0.25, 0.3) is 0 Å². The molecule has 1 saturated heterocycles. The van der Waals surface area contributed by atoms with Gasteiger partial charge in [-0.05, 0) is 60.8 Å². The molecular formula is C21H45N3. The predicted octanol–water partition coefficient (Wildman–Crippen LogP) is 4.47. The summed E-state index contributed by atoms with van der Waals surface area (Å²) in [4.78, 5) is 8.20. The Kier molecular flexibility index (Phi) is 7.77. The molecule has 1 heterocycles. The Hall–Kier alpha value is -0.120. The minimum atomic E-state index is 0.286. The molecular weight excluding hydrogens is 294 g/mol. The average Bonchev–Trinajstić information content (AvgIpc) is 2.65. The monoisotopic (exact) mass is 339 g/mol. The summed E-state index contributed by atoms with van der Waals surface area (Å²) in [6.45, 7) is 28.6. The van der Waals surface area contributed by atoms with Crippen LogP contribution in [0.2, 0.25) is 0 Å². The summed E-state index contributed by atoms with van der Waals surface area (Å²) in [5.74, 6) is 0. The normalized spacial score (nSPS) is 21.4. The van der Waals surface area contributed by atoms with Crippen LogP contribution in [-0.2, 0) is 0 Å². The predicted molar refractivity (Wildman–Crippen MR) is 108 cm³/mol. The van der Waals surface area contributed by atoms with Crippen molar-refractivity contribution in [3.63, 3.8) is 0 Å². The lowest BCUT2D eigenvalue weighted by atomic mass is 9.97. The van der Waals surface area contributed by atoms with Gasteiger partial charge in [-0.25, -0.2) is 0 Å². The first-order valence-corrected chi connectivity index (χ1v) is 10.3. The third kappa shape index (κ3) is 5.44. The molecule has 0 aliphatic carbocycles. The Labute approximate surface area is 152 Å². The van der Waals surface area contributed by atoms with Crippen LogP contribution in [0, 0.1) is 0 Å². The van der Waals surface area contributed by atoms with E-state index in [1.54, 1.807) is 0 Å². The fraction of sp³-hybridized carbons (Fsp3) is 1.00. The topological polar surface area (TPSA) is 9.72 Å². The van der Waals surface area contributed by atoms with Crippen LogP contribution in [0.5, 0.6) is 0 Å². The smallest absolute Gasteiger partial charge is 0.0151 e. The zero-order valence-electron chi connectivity index (χ0n) is 18.2. The third-order valence-corrected chi connectivity index (χ3v) is 7.08. The Bertz CT molecular complexity index is 304. The average molecular weight is 340 g/mol. The Balaban J connectivity index is 3.04. The van der Waals surface area contributed by atoms with Gasteiger partial charge in [0.25, 0.3) is 0 Å². The molecule has 1 aliphatic rings. The van der Waals surface area contributed by atoms with E-state index in [1.165, 1.54) is 58.5 Å². The highest BCUT2D eigenvalue weighted by Crippen LogP contribution is 2.25. The van der Waals surface area contributed by atoms with E-state index in [0.717, 1.165) is 0 Å². The van der Waals surface area contributed by atoms with Crippen molar-refractivity contribution in [1.29, 1.82) is 0 Å². The number of rotatable bonds is 6. The molecule has 1 fully saturated rings. The summed E-state index contributed by atoms with van der Waals surface area (Å²) in [7, 11) is 0. The Morgan fingerprint density at radius 3 is 0.750 bits per heavy atom. The van der Waals surface area contributed by atoms with E-state index in [9.17, 15) is 0 Å². The molecule has 0 aromatic rings. The van der Waals surface area contributed by atoms with Crippen molar-refractivity contribution < 1.29 is 0 Å². The van der Waals surface area contributed by atoms with E-state index in [4.69, 9.17) is 0 Å². The van der Waals surface area contributed by atoms with E-state index in [1.807, 2.05) is 0 Å². The van der Waals surface area contributed by atoms with Gasteiger partial charge in [-0.15, -0.1) is 0 Å². The second-order valence-corrected chi connectivity index (χ2v) is 9.46. The zero-order valence-corrected chi connectivity index (χ0v) is 18.2. The molecule has 0 radical (unpaired) electrons. The van der Waals surface area contributed by atoms with Crippen molar-refractivity contribution in [2.24, 2.45) is 0 Å². The Morgan fingerprint density at radius 1 is 0.458 bits per heavy atom. The van der Waals surface area contributed by atoms with Crippen molar-refractivity contribution in [3.8, 4) is 0 Å². The molecule has 0 N–H and O–H groups in total. The van der Waals surface area contributed by atoms with E-state index >= 15 is 0 Å². The maximum atomic E-state index is 2.73. The van der Waals surface area contributed by atoms with Crippen molar-refractivity contribution >= 4 is 0 Å². The molecule has 0 aromatic carbocycles. The number of hydrogen-bond donors (Lipinski definition) is 0. The molecule has 24 heavy (non-hydrogen) atoms. The third-order valence-electron chi connectivity index (χ3n) is 7.08. The molecule has 0 aromatic heterocycles. The van der Waals surface area contributed by atoms with Gasteiger partial charge < -0.3 is 0 Å². The number of nitrogens with zero attached hydrogens (tertiary/aromatic N) is 3. The Morgan fingerprint density at radius 2 is 0.625 bits per heavy atom. The van der Waals surface area contributed by atoms with Crippen LogP contribution in [0.4, 0.5) is 0 Å². The minimum Gasteiger partial charge on any atom is -0.296 e. The molecule has 144 valence electrons. The highest BCUT2D eigenvalue weighted by Gasteiger charge is 2.33. The van der Waals surface area contributed by atoms with Gasteiger partial charge >= 0.3 is 0 Å². The van der Waals surface area contributed by atoms with Crippen LogP contribution in [0.3, 0.4) is 0 Å². The second kappa shape index (κ2) is 8.51. The van der Waals surface area contributed by atoms with Crippen LogP contribution in [0.15, 0.2) is 0 Å². The highest BCUT2D eigenvalue weighted by molar-refractivity contribution is 4.90. The van der Waals surface area contributed by atoms with Crippen LogP contribution < -0.4 is 0 Å². The molecule has 0 saturated carbocycles. The summed E-state index contributed by atoms with van der Waals surface area (Å²) in [6, 6.07) is 0. The van der Waals surface area contributed by atoms with Crippen molar-refractivity contribution in [2.45, 2.75) is 98.2 Å². The van der Waals surface area contributed by atoms with Crippen LogP contribution in [-0.4, -0.2) is 70.6 Å². The molecule has 0 spiro atoms. The first-order chi connectivity index (χ1) is 11.0. The molecule has 0 bridgehead atoms. The van der Waals surface area contributed by atoms with Gasteiger partial charge in [0.1, 0.15) is 0 Å². The van der Waals surface area contributed by atoms with Gasteiger partial charge in [0, 0.05) is 55.9 Å². The summed E-state index contributed by atoms with van der Waals surface area (Å²) in [6.07, 6.45) is 3.63. The molecule has 1 rings (SSSR count). The standard InChI is InChI=1S/C21H45N3/c1-10-19(4,5)22-13-15-23(20(6,7)11-2)17-18-24(16-14-22)21(8,9)12-3/h10-18H2,1-9H3. The van der Waals surface area contributed by atoms with Crippen molar-refractivity contribution in [3.05, 3.63) is 0 Å². The highest BCUT2D eigenvalue weighted by atomic mass is 15.3. The van der Waals surface area contributed by atoms with E-state index in [-0.39, 0.29) is 16.6 Å². The summed E-state index contributed by atoms with van der Waals surface area (Å²) in [5, 5.41) is 0. The lowest BCUT2D eigenvalue weighted by Gasteiger charge is -2.42. The fourth-order valence-electron chi connectivity index (χ4n) is 3.55. The van der Waals surface area contributed by atoms with Gasteiger partial charge in [-0.2, -0.15) is 0 Å². The summed E-state index contributed by atoms with van der Waals surface area (Å²) >= 11 is 0. The van der Waals surface area contributed by atoms with Gasteiger partial charge in [0.2, 0.25) is 0 Å². The van der Waals surface area contributed by atoms with Gasteiger partial charge in [-0.3, -0.25) is 14.7 Å². The molecule has 0 unspecified atom stereocenters. The minimum absolute atomic E-state index is 0.286. The van der Waals surface area contributed by atoms with Crippen molar-refractivity contribution in [2.75, 3.05) is 39.3 Å². The molecule has 1 aliphatic heterocycles. The molecule has 0 amide bonds. The van der Waals surface area contributed by atoms with E-state index in [2.05, 4.69) is 77.0 Å². The fourth-order valence-corrected chi connectivity index (χ4v) is 3.55. The van der Waals surface area contributed by atoms with Gasteiger partial charge in [-0.1, -0.05) is 20.8 Å². The number of hydrogen-bond acceptors (Lipinski definition) is 3. The quantitative estimate of drug-likeness (QED) is 0.707. The zero-order chi connectivity index (χ0) is 18.6. The lowest BCUT2D eigenvalue weighted by molar-refractivity contribution is 0.0705. The van der Waals surface area contributed by atoms with E-state index < -0.39 is 0 Å². The maximum Gasteiger partial charge on any atom is 0.0151 e. The first-order valence-electron chi connectivity index (χ1n) is 10.3. The lowest BCUT2D eigenvalue weighted by Crippen LogP contribution is -2.51. The first kappa shape index (κ1) is 21.9. The SMILES string of the molecule is CCC(C)(C)N1CCN(C(C)(C)CC)CCN(C(C)(C)CC)CC1. The molecule has 3 nitrogen and oxygen atoms in total. The summed E-state index contributed by atoms with van der Waals surface area (Å²) < 4.78 is 0. The van der Waals surface area contributed by atoms with Gasteiger partial charge in [0.05, 0.1) is 0 Å². The molecule has 0 atom stereocenters. The van der Waals surface area contributed by atoms with E-state index in [0.29, 0.717) is 0 Å². The van der Waals surface area contributed by atoms with Crippen LogP contribution in [0.1, 0.15) is 81.6 Å². The van der Waals surface area contributed by atoms with Crippen molar-refractivity contribution in [1.82, 2.24) is 14.7 Å². The van der Waals surface area contributed by atoms with Gasteiger partial charge in [0.15, 0.2) is 0 Å². The summed E-state index contributed by atoms with van der Waals surface area (Å²) in [5.41, 5.74) is 0.858. The van der Waals surface area contributed by atoms with Crippen LogP contribution >= 0.6 is 0 Å². The maximum absolute atomic E-state index is 2.73. The molecule has 3 heteroatoms.